The van der Waals surface area contributed by atoms with Gasteiger partial charge in [0.2, 0.25) is 5.91 Å². The van der Waals surface area contributed by atoms with Crippen LogP contribution in [0.15, 0.2) is 0 Å². The van der Waals surface area contributed by atoms with Crippen molar-refractivity contribution < 1.29 is 14.3 Å². The summed E-state index contributed by atoms with van der Waals surface area (Å²) >= 11 is 0. The van der Waals surface area contributed by atoms with Crippen LogP contribution in [0, 0.1) is 5.92 Å². The zero-order valence-electron chi connectivity index (χ0n) is 12.8. The largest absolute Gasteiger partial charge is 0.465 e. The molecule has 0 aromatic carbocycles. The van der Waals surface area contributed by atoms with Gasteiger partial charge in [-0.05, 0) is 45.1 Å². The van der Waals surface area contributed by atoms with E-state index >= 15 is 0 Å². The first-order chi connectivity index (χ1) is 9.62. The maximum atomic E-state index is 12.3. The van der Waals surface area contributed by atoms with Gasteiger partial charge in [0.1, 0.15) is 6.54 Å². The van der Waals surface area contributed by atoms with E-state index in [1.54, 1.807) is 11.8 Å². The molecule has 1 aliphatic carbocycles. The molecule has 1 saturated carbocycles. The van der Waals surface area contributed by atoms with Gasteiger partial charge in [-0.2, -0.15) is 0 Å². The van der Waals surface area contributed by atoms with Gasteiger partial charge in [-0.3, -0.25) is 9.59 Å². The van der Waals surface area contributed by atoms with Crippen LogP contribution in [0.2, 0.25) is 0 Å². The molecule has 2 N–H and O–H groups in total. The van der Waals surface area contributed by atoms with E-state index in [1.807, 2.05) is 0 Å². The Labute approximate surface area is 121 Å². The average Bonchev–Trinajstić information content (AvgIpc) is 3.25. The zero-order valence-corrected chi connectivity index (χ0v) is 12.8. The molecule has 0 aromatic rings. The van der Waals surface area contributed by atoms with Gasteiger partial charge < -0.3 is 15.4 Å². The molecule has 1 aliphatic rings. The summed E-state index contributed by atoms with van der Waals surface area (Å²) in [4.78, 5) is 25.5. The van der Waals surface area contributed by atoms with E-state index in [0.717, 1.165) is 32.1 Å². The molecule has 5 nitrogen and oxygen atoms in total. The summed E-state index contributed by atoms with van der Waals surface area (Å²) in [6.07, 6.45) is 5.39. The maximum absolute atomic E-state index is 12.3. The summed E-state index contributed by atoms with van der Waals surface area (Å²) in [5.41, 5.74) is 5.57. The van der Waals surface area contributed by atoms with Crippen molar-refractivity contribution in [3.8, 4) is 0 Å². The Balaban J connectivity index is 2.42. The van der Waals surface area contributed by atoms with Crippen LogP contribution in [-0.2, 0) is 14.3 Å². The average molecular weight is 284 g/mol. The molecule has 1 rings (SSSR count). The Hall–Kier alpha value is -1.10. The molecule has 1 fully saturated rings. The SMILES string of the molecule is CCOC(=O)CN(C(=O)CCC(CC)CCN)C1CC1. The lowest BCUT2D eigenvalue weighted by molar-refractivity contribution is -0.149. The Bertz CT molecular complexity index is 316. The van der Waals surface area contributed by atoms with Crippen molar-refractivity contribution >= 4 is 11.9 Å². The molecule has 1 unspecified atom stereocenters. The van der Waals surface area contributed by atoms with Crippen LogP contribution in [-0.4, -0.2) is 42.5 Å². The topological polar surface area (TPSA) is 72.6 Å². The number of esters is 1. The van der Waals surface area contributed by atoms with Crippen molar-refractivity contribution in [1.82, 2.24) is 4.90 Å². The number of ether oxygens (including phenoxy) is 1. The van der Waals surface area contributed by atoms with Gasteiger partial charge in [-0.15, -0.1) is 0 Å². The maximum Gasteiger partial charge on any atom is 0.325 e. The highest BCUT2D eigenvalue weighted by Crippen LogP contribution is 2.28. The number of nitrogens with zero attached hydrogens (tertiary/aromatic N) is 1. The molecule has 0 bridgehead atoms. The van der Waals surface area contributed by atoms with Crippen molar-refractivity contribution in [2.24, 2.45) is 11.7 Å². The normalized spacial score (nSPS) is 15.8. The van der Waals surface area contributed by atoms with Crippen LogP contribution in [0.1, 0.15) is 52.4 Å². The predicted molar refractivity (Wildman–Crippen MR) is 78.1 cm³/mol. The van der Waals surface area contributed by atoms with Gasteiger partial charge >= 0.3 is 5.97 Å². The molecule has 1 atom stereocenters. The van der Waals surface area contributed by atoms with Crippen molar-refractivity contribution in [3.05, 3.63) is 0 Å². The third-order valence-electron chi connectivity index (χ3n) is 3.83. The molecule has 0 saturated heterocycles. The predicted octanol–water partition coefficient (Wildman–Crippen LogP) is 1.70. The fourth-order valence-electron chi connectivity index (χ4n) is 2.41. The molecule has 0 aromatic heterocycles. The first-order valence-corrected chi connectivity index (χ1v) is 7.77. The van der Waals surface area contributed by atoms with Crippen LogP contribution in [0.5, 0.6) is 0 Å². The van der Waals surface area contributed by atoms with Crippen LogP contribution < -0.4 is 5.73 Å². The second-order valence-corrected chi connectivity index (χ2v) is 5.45. The zero-order chi connectivity index (χ0) is 15.0. The lowest BCUT2D eigenvalue weighted by Crippen LogP contribution is -2.38. The van der Waals surface area contributed by atoms with Gasteiger partial charge in [-0.25, -0.2) is 0 Å². The van der Waals surface area contributed by atoms with Crippen LogP contribution >= 0.6 is 0 Å². The van der Waals surface area contributed by atoms with E-state index in [0.29, 0.717) is 25.5 Å². The highest BCUT2D eigenvalue weighted by molar-refractivity contribution is 5.82. The minimum Gasteiger partial charge on any atom is -0.465 e. The van der Waals surface area contributed by atoms with E-state index in [1.165, 1.54) is 0 Å². The first kappa shape index (κ1) is 17.0. The second kappa shape index (κ2) is 8.95. The molecule has 0 aliphatic heterocycles. The molecule has 0 heterocycles. The Morgan fingerprint density at radius 3 is 2.50 bits per heavy atom. The summed E-state index contributed by atoms with van der Waals surface area (Å²) in [5.74, 6) is 0.283. The second-order valence-electron chi connectivity index (χ2n) is 5.45. The summed E-state index contributed by atoms with van der Waals surface area (Å²) < 4.78 is 4.94. The minimum atomic E-state index is -0.304. The number of hydrogen-bond donors (Lipinski definition) is 1. The fraction of sp³-hybridized carbons (Fsp3) is 0.867. The summed E-state index contributed by atoms with van der Waals surface area (Å²) in [6.45, 7) is 5.04. The molecule has 0 radical (unpaired) electrons. The van der Waals surface area contributed by atoms with Crippen molar-refractivity contribution in [1.29, 1.82) is 0 Å². The Kier molecular flexibility index (Phi) is 7.59. The van der Waals surface area contributed by atoms with Crippen LogP contribution in [0.25, 0.3) is 0 Å². The fourth-order valence-corrected chi connectivity index (χ4v) is 2.41. The third-order valence-corrected chi connectivity index (χ3v) is 3.83. The van der Waals surface area contributed by atoms with E-state index in [4.69, 9.17) is 10.5 Å². The molecule has 1 amide bonds. The summed E-state index contributed by atoms with van der Waals surface area (Å²) in [7, 11) is 0. The highest BCUT2D eigenvalue weighted by Gasteiger charge is 2.33. The van der Waals surface area contributed by atoms with E-state index < -0.39 is 0 Å². The number of hydrogen-bond acceptors (Lipinski definition) is 4. The quantitative estimate of drug-likeness (QED) is 0.620. The third kappa shape index (κ3) is 5.90. The van der Waals surface area contributed by atoms with Crippen molar-refractivity contribution in [2.75, 3.05) is 19.7 Å². The van der Waals surface area contributed by atoms with E-state index in [2.05, 4.69) is 6.92 Å². The van der Waals surface area contributed by atoms with Crippen molar-refractivity contribution in [3.63, 3.8) is 0 Å². The number of nitrogens with two attached hydrogens (primary N) is 1. The number of amides is 1. The number of carbonyl (C=O) groups excluding carboxylic acids is 2. The summed E-state index contributed by atoms with van der Waals surface area (Å²) in [5, 5.41) is 0. The molecule has 116 valence electrons. The molecule has 20 heavy (non-hydrogen) atoms. The lowest BCUT2D eigenvalue weighted by Gasteiger charge is -2.22. The van der Waals surface area contributed by atoms with Gasteiger partial charge in [0, 0.05) is 12.5 Å². The van der Waals surface area contributed by atoms with Crippen LogP contribution in [0.4, 0.5) is 0 Å². The van der Waals surface area contributed by atoms with Gasteiger partial charge in [0.25, 0.3) is 0 Å². The van der Waals surface area contributed by atoms with Crippen LogP contribution in [0.3, 0.4) is 0 Å². The lowest BCUT2D eigenvalue weighted by atomic mass is 9.96. The highest BCUT2D eigenvalue weighted by atomic mass is 16.5. The van der Waals surface area contributed by atoms with Gasteiger partial charge in [0.05, 0.1) is 6.61 Å². The minimum absolute atomic E-state index is 0.0797. The monoisotopic (exact) mass is 284 g/mol. The van der Waals surface area contributed by atoms with Gasteiger partial charge in [-0.1, -0.05) is 13.3 Å². The molecular weight excluding hydrogens is 256 g/mol. The molecule has 0 spiro atoms. The van der Waals surface area contributed by atoms with Crippen molar-refractivity contribution in [2.45, 2.75) is 58.4 Å². The first-order valence-electron chi connectivity index (χ1n) is 7.77. The molecule has 5 heteroatoms. The Morgan fingerprint density at radius 1 is 1.30 bits per heavy atom. The number of carbonyl (C=O) groups is 2. The Morgan fingerprint density at radius 2 is 2.00 bits per heavy atom. The number of rotatable bonds is 10. The van der Waals surface area contributed by atoms with Gasteiger partial charge in [0.15, 0.2) is 0 Å². The molecular formula is C15H28N2O3. The van der Waals surface area contributed by atoms with E-state index in [9.17, 15) is 9.59 Å². The van der Waals surface area contributed by atoms with E-state index in [-0.39, 0.29) is 24.5 Å². The standard InChI is InChI=1S/C15H28N2O3/c1-3-12(9-10-16)5-8-14(18)17(13-6-7-13)11-15(19)20-4-2/h12-13H,3-11,16H2,1-2H3. The smallest absolute Gasteiger partial charge is 0.325 e. The summed E-state index contributed by atoms with van der Waals surface area (Å²) in [6, 6.07) is 0.251.